The molecule has 168 valence electrons. The van der Waals surface area contributed by atoms with E-state index in [4.69, 9.17) is 0 Å². The van der Waals surface area contributed by atoms with Gasteiger partial charge in [0.2, 0.25) is 0 Å². The summed E-state index contributed by atoms with van der Waals surface area (Å²) in [7, 11) is 2.02. The predicted octanol–water partition coefficient (Wildman–Crippen LogP) is 4.06. The number of nitrogens with one attached hydrogen (secondary N) is 2. The summed E-state index contributed by atoms with van der Waals surface area (Å²) >= 11 is 0. The van der Waals surface area contributed by atoms with E-state index in [1.165, 1.54) is 0 Å². The van der Waals surface area contributed by atoms with Crippen LogP contribution >= 0.6 is 12.4 Å². The van der Waals surface area contributed by atoms with Crippen molar-refractivity contribution in [1.82, 2.24) is 14.9 Å². The molecule has 0 radical (unpaired) electrons. The van der Waals surface area contributed by atoms with Gasteiger partial charge in [0.15, 0.2) is 5.56 Å². The zero-order valence-electron chi connectivity index (χ0n) is 18.5. The van der Waals surface area contributed by atoms with Crippen LogP contribution in [-0.2, 0) is 20.0 Å². The molecule has 3 rings (SSSR count). The van der Waals surface area contributed by atoms with Gasteiger partial charge in [0.05, 0.1) is 5.69 Å². The lowest BCUT2D eigenvalue weighted by molar-refractivity contribution is 0.0691. The Hall–Kier alpha value is -2.77. The molecule has 0 aliphatic rings. The summed E-state index contributed by atoms with van der Waals surface area (Å²) in [6.07, 6.45) is 0.382. The van der Waals surface area contributed by atoms with Crippen LogP contribution in [0.25, 0.3) is 22.2 Å². The van der Waals surface area contributed by atoms with Crippen molar-refractivity contribution in [2.24, 2.45) is 12.5 Å². The fraction of sp³-hybridized carbons (Fsp3) is 0.391. The molecule has 0 saturated heterocycles. The number of aryl methyl sites for hydroxylation is 1. The van der Waals surface area contributed by atoms with Crippen molar-refractivity contribution in [2.45, 2.75) is 40.7 Å². The molecule has 3 aromatic rings. The number of carboxylic acids is 1. The molecule has 2 heterocycles. The van der Waals surface area contributed by atoms with E-state index in [1.807, 2.05) is 32.2 Å². The van der Waals surface area contributed by atoms with Crippen molar-refractivity contribution >= 4 is 29.3 Å². The van der Waals surface area contributed by atoms with Crippen molar-refractivity contribution in [2.75, 3.05) is 6.54 Å². The average molecular weight is 448 g/mol. The highest BCUT2D eigenvalue weighted by atomic mass is 35.5. The first-order valence-corrected chi connectivity index (χ1v) is 10.0. The normalized spacial score (nSPS) is 11.5. The van der Waals surface area contributed by atoms with E-state index in [1.54, 1.807) is 0 Å². The van der Waals surface area contributed by atoms with Crippen molar-refractivity contribution in [1.29, 1.82) is 0 Å². The summed E-state index contributed by atoms with van der Waals surface area (Å²) in [5.74, 6) is -1.91. The summed E-state index contributed by atoms with van der Waals surface area (Å²) in [6.45, 7) is 10.0. The zero-order chi connectivity index (χ0) is 22.2. The Balaban J connectivity index is 0.00000341. The minimum atomic E-state index is -1.44. The second-order valence-corrected chi connectivity index (χ2v) is 8.82. The van der Waals surface area contributed by atoms with Gasteiger partial charge in [-0.1, -0.05) is 33.8 Å². The van der Waals surface area contributed by atoms with E-state index in [2.05, 4.69) is 41.7 Å². The molecule has 0 fully saturated rings. The third kappa shape index (κ3) is 4.94. The number of aromatic nitrogens is 2. The highest BCUT2D eigenvalue weighted by Gasteiger charge is 2.22. The average Bonchev–Trinajstić information content (AvgIpc) is 2.95. The van der Waals surface area contributed by atoms with E-state index >= 15 is 0 Å². The van der Waals surface area contributed by atoms with Crippen molar-refractivity contribution in [3.05, 3.63) is 51.4 Å². The first-order chi connectivity index (χ1) is 14.0. The summed E-state index contributed by atoms with van der Waals surface area (Å²) < 4.78 is 2.13. The van der Waals surface area contributed by atoms with Crippen molar-refractivity contribution in [3.8, 4) is 17.0 Å². The van der Waals surface area contributed by atoms with Gasteiger partial charge in [0.1, 0.15) is 5.75 Å². The molecule has 8 heteroatoms. The lowest BCUT2D eigenvalue weighted by Gasteiger charge is -2.18. The quantitative estimate of drug-likeness (QED) is 0.456. The number of hydrogen-bond acceptors (Lipinski definition) is 4. The number of pyridine rings is 1. The Bertz CT molecular complexity index is 1170. The number of carboxylic acid groups (broad SMARTS) is 1. The molecule has 0 spiro atoms. The number of benzene rings is 1. The molecule has 2 aromatic heterocycles. The van der Waals surface area contributed by atoms with E-state index in [9.17, 15) is 19.8 Å². The molecule has 0 amide bonds. The Kier molecular flexibility index (Phi) is 7.24. The van der Waals surface area contributed by atoms with Gasteiger partial charge in [0.25, 0.3) is 5.56 Å². The number of aromatic amines is 1. The molecule has 4 N–H and O–H groups in total. The summed E-state index contributed by atoms with van der Waals surface area (Å²) in [5, 5.41) is 24.1. The topological polar surface area (TPSA) is 107 Å². The Morgan fingerprint density at radius 2 is 1.90 bits per heavy atom. The first-order valence-electron chi connectivity index (χ1n) is 10.0. The second kappa shape index (κ2) is 9.16. The summed E-state index contributed by atoms with van der Waals surface area (Å²) in [4.78, 5) is 26.2. The highest BCUT2D eigenvalue weighted by molar-refractivity contribution is 5.92. The molecular formula is C23H30ClN3O4. The zero-order valence-corrected chi connectivity index (χ0v) is 19.3. The van der Waals surface area contributed by atoms with E-state index in [0.717, 1.165) is 35.2 Å². The van der Waals surface area contributed by atoms with Crippen LogP contribution in [0.5, 0.6) is 5.75 Å². The maximum absolute atomic E-state index is 12.3. The molecule has 0 unspecified atom stereocenters. The van der Waals surface area contributed by atoms with Gasteiger partial charge in [-0.3, -0.25) is 4.79 Å². The number of aromatic hydroxyl groups is 1. The van der Waals surface area contributed by atoms with Crippen LogP contribution in [-0.4, -0.2) is 32.3 Å². The van der Waals surface area contributed by atoms with Gasteiger partial charge in [-0.25, -0.2) is 4.79 Å². The smallest absolute Gasteiger partial charge is 0.345 e. The third-order valence-electron chi connectivity index (χ3n) is 5.25. The first kappa shape index (κ1) is 24.5. The molecule has 0 aliphatic heterocycles. The van der Waals surface area contributed by atoms with Gasteiger partial charge >= 0.3 is 5.97 Å². The number of aromatic carboxylic acids is 1. The van der Waals surface area contributed by atoms with Gasteiger partial charge < -0.3 is 25.1 Å². The number of nitrogens with zero attached hydrogens (tertiary/aromatic N) is 1. The number of H-pyrrole nitrogens is 1. The van der Waals surface area contributed by atoms with Crippen LogP contribution in [0.2, 0.25) is 0 Å². The molecule has 1 aromatic carbocycles. The summed E-state index contributed by atoms with van der Waals surface area (Å²) in [5.41, 5.74) is 2.54. The van der Waals surface area contributed by atoms with Crippen LogP contribution in [0.1, 0.15) is 49.3 Å². The highest BCUT2D eigenvalue weighted by Crippen LogP contribution is 2.32. The van der Waals surface area contributed by atoms with Crippen LogP contribution in [0.4, 0.5) is 0 Å². The Morgan fingerprint density at radius 3 is 2.48 bits per heavy atom. The number of fused-ring (bicyclic) bond motifs is 1. The van der Waals surface area contributed by atoms with Crippen molar-refractivity contribution < 1.29 is 15.0 Å². The molecule has 0 saturated carbocycles. The van der Waals surface area contributed by atoms with Gasteiger partial charge in [0, 0.05) is 42.3 Å². The molecule has 0 aliphatic carbocycles. The standard InChI is InChI=1S/C23H29N3O4.ClH/c1-6-16-19(25-21(28)18(20(16)27)22(29)30)13-7-8-17-14(9-13)10-15(26(17)5)11-24-12-23(2,3)4;/h7-10,24H,6,11-12H2,1-5H3,(H,29,30)(H2,25,27,28);1H. The van der Waals surface area contributed by atoms with E-state index in [0.29, 0.717) is 17.7 Å². The van der Waals surface area contributed by atoms with Gasteiger partial charge in [-0.15, -0.1) is 12.4 Å². The molecule has 0 bridgehead atoms. The molecule has 7 nitrogen and oxygen atoms in total. The van der Waals surface area contributed by atoms with Crippen molar-refractivity contribution in [3.63, 3.8) is 0 Å². The third-order valence-corrected chi connectivity index (χ3v) is 5.25. The monoisotopic (exact) mass is 447 g/mol. The minimum Gasteiger partial charge on any atom is -0.506 e. The van der Waals surface area contributed by atoms with Crippen LogP contribution < -0.4 is 10.9 Å². The number of halogens is 1. The maximum atomic E-state index is 12.3. The van der Waals surface area contributed by atoms with Gasteiger partial charge in [-0.2, -0.15) is 0 Å². The predicted molar refractivity (Wildman–Crippen MR) is 125 cm³/mol. The lowest BCUT2D eigenvalue weighted by atomic mass is 9.97. The number of hydrogen-bond donors (Lipinski definition) is 4. The van der Waals surface area contributed by atoms with E-state index in [-0.39, 0.29) is 17.8 Å². The second-order valence-electron chi connectivity index (χ2n) is 8.82. The fourth-order valence-electron chi connectivity index (χ4n) is 3.71. The van der Waals surface area contributed by atoms with Crippen LogP contribution in [0, 0.1) is 5.41 Å². The SMILES string of the molecule is CCc1c(-c2ccc3c(c2)cc(CNCC(C)(C)C)n3C)[nH]c(=O)c(C(=O)O)c1O.Cl. The van der Waals surface area contributed by atoms with Gasteiger partial charge in [-0.05, 0) is 35.6 Å². The van der Waals surface area contributed by atoms with E-state index < -0.39 is 22.8 Å². The number of rotatable bonds is 6. The summed E-state index contributed by atoms with van der Waals surface area (Å²) in [6, 6.07) is 7.90. The molecule has 31 heavy (non-hydrogen) atoms. The number of carbonyl (C=O) groups is 1. The van der Waals surface area contributed by atoms with Crippen LogP contribution in [0.15, 0.2) is 29.1 Å². The van der Waals surface area contributed by atoms with Crippen LogP contribution in [0.3, 0.4) is 0 Å². The molecule has 0 atom stereocenters. The molecular weight excluding hydrogens is 418 g/mol. The maximum Gasteiger partial charge on any atom is 0.345 e. The fourth-order valence-corrected chi connectivity index (χ4v) is 3.71. The Labute approximate surface area is 187 Å². The minimum absolute atomic E-state index is 0. The largest absolute Gasteiger partial charge is 0.506 e. The lowest BCUT2D eigenvalue weighted by Crippen LogP contribution is -2.27. The Morgan fingerprint density at radius 1 is 1.23 bits per heavy atom.